The summed E-state index contributed by atoms with van der Waals surface area (Å²) in [7, 11) is 0. The fourth-order valence-electron chi connectivity index (χ4n) is 2.87. The van der Waals surface area contributed by atoms with E-state index in [0.29, 0.717) is 26.6 Å². The second kappa shape index (κ2) is 8.81. The van der Waals surface area contributed by atoms with Crippen molar-refractivity contribution >= 4 is 40.2 Å². The van der Waals surface area contributed by atoms with Crippen molar-refractivity contribution in [1.82, 2.24) is 19.7 Å². The zero-order chi connectivity index (χ0) is 21.1. The highest BCUT2D eigenvalue weighted by Crippen LogP contribution is 2.24. The van der Waals surface area contributed by atoms with Gasteiger partial charge < -0.3 is 4.74 Å². The van der Waals surface area contributed by atoms with Gasteiger partial charge in [0.2, 0.25) is 0 Å². The number of aromatic nitrogens is 4. The number of aryl methyl sites for hydroxylation is 1. The number of thioether (sulfide) groups is 1. The molecule has 0 N–H and O–H groups in total. The van der Waals surface area contributed by atoms with Crippen LogP contribution in [-0.4, -0.2) is 31.5 Å². The van der Waals surface area contributed by atoms with E-state index < -0.39 is 5.97 Å². The zero-order valence-electron chi connectivity index (χ0n) is 15.9. The number of halogens is 2. The first-order chi connectivity index (χ1) is 14.5. The Bertz CT molecular complexity index is 1230. The van der Waals surface area contributed by atoms with Crippen molar-refractivity contribution < 1.29 is 13.9 Å². The lowest BCUT2D eigenvalue weighted by Crippen LogP contribution is -2.09. The molecule has 0 spiro atoms. The SMILES string of the molecule is Cc1ccc(-n2cnnc2SCC(=O)OCc2ccc(F)c3cccnc23)cc1Cl. The summed E-state index contributed by atoms with van der Waals surface area (Å²) in [5.74, 6) is -0.741. The number of esters is 1. The fraction of sp³-hybridized carbons (Fsp3) is 0.143. The van der Waals surface area contributed by atoms with E-state index in [1.807, 2.05) is 25.1 Å². The topological polar surface area (TPSA) is 69.9 Å². The highest BCUT2D eigenvalue weighted by atomic mass is 35.5. The lowest BCUT2D eigenvalue weighted by atomic mass is 10.1. The van der Waals surface area contributed by atoms with Gasteiger partial charge in [-0.1, -0.05) is 35.5 Å². The molecule has 0 radical (unpaired) electrons. The molecule has 0 fully saturated rings. The predicted molar refractivity (Wildman–Crippen MR) is 113 cm³/mol. The maximum absolute atomic E-state index is 13.9. The van der Waals surface area contributed by atoms with Crippen molar-refractivity contribution in [3.05, 3.63) is 77.0 Å². The molecule has 4 rings (SSSR count). The molecule has 0 aliphatic carbocycles. The molecule has 0 aliphatic heterocycles. The van der Waals surface area contributed by atoms with E-state index in [2.05, 4.69) is 15.2 Å². The van der Waals surface area contributed by atoms with Crippen molar-refractivity contribution in [3.63, 3.8) is 0 Å². The first-order valence-corrected chi connectivity index (χ1v) is 10.4. The third kappa shape index (κ3) is 4.29. The van der Waals surface area contributed by atoms with Crippen LogP contribution < -0.4 is 0 Å². The number of carbonyl (C=O) groups is 1. The third-order valence-electron chi connectivity index (χ3n) is 4.46. The summed E-state index contributed by atoms with van der Waals surface area (Å²) in [5, 5.41) is 9.55. The van der Waals surface area contributed by atoms with Gasteiger partial charge in [0, 0.05) is 22.2 Å². The maximum Gasteiger partial charge on any atom is 0.316 e. The van der Waals surface area contributed by atoms with E-state index in [1.54, 1.807) is 35.3 Å². The summed E-state index contributed by atoms with van der Waals surface area (Å²) < 4.78 is 21.0. The number of ether oxygens (including phenoxy) is 1. The predicted octanol–water partition coefficient (Wildman–Crippen LogP) is 4.75. The van der Waals surface area contributed by atoms with Crippen LogP contribution >= 0.6 is 23.4 Å². The largest absolute Gasteiger partial charge is 0.460 e. The molecule has 2 heterocycles. The molecule has 9 heteroatoms. The highest BCUT2D eigenvalue weighted by molar-refractivity contribution is 7.99. The smallest absolute Gasteiger partial charge is 0.316 e. The van der Waals surface area contributed by atoms with E-state index in [1.165, 1.54) is 17.8 Å². The molecule has 2 aromatic carbocycles. The Kier molecular flexibility index (Phi) is 5.96. The van der Waals surface area contributed by atoms with Gasteiger partial charge in [-0.15, -0.1) is 10.2 Å². The molecular weight excluding hydrogens is 427 g/mol. The lowest BCUT2D eigenvalue weighted by Gasteiger charge is -2.09. The van der Waals surface area contributed by atoms with E-state index in [-0.39, 0.29) is 18.2 Å². The van der Waals surface area contributed by atoms with Crippen LogP contribution in [0, 0.1) is 12.7 Å². The molecule has 152 valence electrons. The second-order valence-electron chi connectivity index (χ2n) is 6.47. The van der Waals surface area contributed by atoms with Crippen molar-refractivity contribution in [3.8, 4) is 5.69 Å². The molecule has 0 saturated heterocycles. The Hall–Kier alpha value is -2.97. The van der Waals surface area contributed by atoms with Crippen molar-refractivity contribution in [2.45, 2.75) is 18.7 Å². The summed E-state index contributed by atoms with van der Waals surface area (Å²) in [6, 6.07) is 11.8. The fourth-order valence-corrected chi connectivity index (χ4v) is 3.77. The minimum atomic E-state index is -0.426. The standard InChI is InChI=1S/C21H16ClFN4O2S/c1-13-4-6-15(9-17(13)22)27-12-25-26-21(27)30-11-19(28)29-10-14-5-7-18(23)16-3-2-8-24-20(14)16/h2-9,12H,10-11H2,1H3. The number of nitrogens with zero attached hydrogens (tertiary/aromatic N) is 4. The van der Waals surface area contributed by atoms with Crippen LogP contribution in [0.25, 0.3) is 16.6 Å². The first-order valence-electron chi connectivity index (χ1n) is 9.00. The quantitative estimate of drug-likeness (QED) is 0.317. The third-order valence-corrected chi connectivity index (χ3v) is 5.78. The first kappa shape index (κ1) is 20.3. The van der Waals surface area contributed by atoms with Gasteiger partial charge >= 0.3 is 5.97 Å². The van der Waals surface area contributed by atoms with Crippen LogP contribution in [-0.2, 0) is 16.1 Å². The van der Waals surface area contributed by atoms with Crippen LogP contribution in [0.4, 0.5) is 4.39 Å². The Morgan fingerprint density at radius 1 is 1.27 bits per heavy atom. The Balaban J connectivity index is 1.40. The van der Waals surface area contributed by atoms with Crippen molar-refractivity contribution in [2.75, 3.05) is 5.75 Å². The molecule has 0 amide bonds. The van der Waals surface area contributed by atoms with E-state index in [9.17, 15) is 9.18 Å². The molecule has 4 aromatic rings. The zero-order valence-corrected chi connectivity index (χ0v) is 17.5. The van der Waals surface area contributed by atoms with Crippen LogP contribution in [0.3, 0.4) is 0 Å². The molecular formula is C21H16ClFN4O2S. The molecule has 6 nitrogen and oxygen atoms in total. The van der Waals surface area contributed by atoms with Crippen LogP contribution in [0.2, 0.25) is 5.02 Å². The molecule has 0 bridgehead atoms. The number of benzene rings is 2. The summed E-state index contributed by atoms with van der Waals surface area (Å²) in [6.45, 7) is 1.93. The monoisotopic (exact) mass is 442 g/mol. The van der Waals surface area contributed by atoms with E-state index in [0.717, 1.165) is 11.3 Å². The average Bonchev–Trinajstić information content (AvgIpc) is 3.22. The molecule has 0 aliphatic rings. The van der Waals surface area contributed by atoms with Gasteiger partial charge in [-0.3, -0.25) is 14.3 Å². The van der Waals surface area contributed by atoms with E-state index in [4.69, 9.17) is 16.3 Å². The number of pyridine rings is 1. The molecule has 30 heavy (non-hydrogen) atoms. The van der Waals surface area contributed by atoms with Gasteiger partial charge in [-0.25, -0.2) is 4.39 Å². The maximum atomic E-state index is 13.9. The molecule has 0 atom stereocenters. The Morgan fingerprint density at radius 2 is 2.13 bits per heavy atom. The van der Waals surface area contributed by atoms with Crippen LogP contribution in [0.1, 0.15) is 11.1 Å². The summed E-state index contributed by atoms with van der Waals surface area (Å²) >= 11 is 7.40. The Labute approximate surface area is 181 Å². The summed E-state index contributed by atoms with van der Waals surface area (Å²) in [5.41, 5.74) is 2.89. The van der Waals surface area contributed by atoms with Crippen LogP contribution in [0.5, 0.6) is 0 Å². The highest BCUT2D eigenvalue weighted by Gasteiger charge is 2.13. The van der Waals surface area contributed by atoms with Gasteiger partial charge in [-0.2, -0.15) is 0 Å². The average molecular weight is 443 g/mol. The molecule has 2 aromatic heterocycles. The van der Waals surface area contributed by atoms with Crippen molar-refractivity contribution in [1.29, 1.82) is 0 Å². The van der Waals surface area contributed by atoms with Crippen molar-refractivity contribution in [2.24, 2.45) is 0 Å². The van der Waals surface area contributed by atoms with Gasteiger partial charge in [-0.05, 0) is 42.8 Å². The molecule has 0 unspecified atom stereocenters. The summed E-state index contributed by atoms with van der Waals surface area (Å²) in [4.78, 5) is 16.4. The van der Waals surface area contributed by atoms with E-state index >= 15 is 0 Å². The number of fused-ring (bicyclic) bond motifs is 1. The van der Waals surface area contributed by atoms with Gasteiger partial charge in [0.25, 0.3) is 0 Å². The normalized spacial score (nSPS) is 11.0. The van der Waals surface area contributed by atoms with Gasteiger partial charge in [0.15, 0.2) is 5.16 Å². The summed E-state index contributed by atoms with van der Waals surface area (Å²) in [6.07, 6.45) is 3.14. The minimum absolute atomic E-state index is 0.00739. The second-order valence-corrected chi connectivity index (χ2v) is 7.82. The van der Waals surface area contributed by atoms with Gasteiger partial charge in [0.1, 0.15) is 18.8 Å². The van der Waals surface area contributed by atoms with Crippen LogP contribution in [0.15, 0.2) is 60.1 Å². The van der Waals surface area contributed by atoms with Gasteiger partial charge in [0.05, 0.1) is 17.0 Å². The Morgan fingerprint density at radius 3 is 2.97 bits per heavy atom. The number of hydrogen-bond donors (Lipinski definition) is 0. The number of carbonyl (C=O) groups excluding carboxylic acids is 1. The minimum Gasteiger partial charge on any atom is -0.460 e. The molecule has 0 saturated carbocycles. The number of hydrogen-bond acceptors (Lipinski definition) is 6. The lowest BCUT2D eigenvalue weighted by molar-refractivity contribution is -0.141. The number of rotatable bonds is 6.